The summed E-state index contributed by atoms with van der Waals surface area (Å²) in [5, 5.41) is 9.74. The van der Waals surface area contributed by atoms with Gasteiger partial charge in [0.25, 0.3) is 0 Å². The maximum atomic E-state index is 13.3. The van der Waals surface area contributed by atoms with Crippen molar-refractivity contribution in [2.24, 2.45) is 5.73 Å². The van der Waals surface area contributed by atoms with E-state index in [-0.39, 0.29) is 6.54 Å². The van der Waals surface area contributed by atoms with Crippen LogP contribution in [0.1, 0.15) is 24.5 Å². The predicted octanol–water partition coefficient (Wildman–Crippen LogP) is 1.56. The highest BCUT2D eigenvalue weighted by Gasteiger charge is 2.21. The van der Waals surface area contributed by atoms with Gasteiger partial charge in [0, 0.05) is 37.0 Å². The van der Waals surface area contributed by atoms with Gasteiger partial charge in [-0.15, -0.1) is 0 Å². The molecule has 0 saturated carbocycles. The van der Waals surface area contributed by atoms with Crippen LogP contribution in [0.4, 0.5) is 14.5 Å². The van der Waals surface area contributed by atoms with Gasteiger partial charge < -0.3 is 15.7 Å². The second-order valence-electron chi connectivity index (χ2n) is 4.27. The van der Waals surface area contributed by atoms with Crippen molar-refractivity contribution in [3.8, 4) is 0 Å². The number of nitrogens with zero attached hydrogens (tertiary/aromatic N) is 1. The van der Waals surface area contributed by atoms with Crippen LogP contribution in [-0.4, -0.2) is 24.7 Å². The van der Waals surface area contributed by atoms with Gasteiger partial charge in [-0.1, -0.05) is 0 Å². The molecule has 1 saturated heterocycles. The summed E-state index contributed by atoms with van der Waals surface area (Å²) >= 11 is 0. The molecule has 94 valence electrons. The van der Waals surface area contributed by atoms with E-state index in [0.29, 0.717) is 11.3 Å². The molecular weight excluding hydrogens is 226 g/mol. The number of aliphatic hydroxyl groups excluding tert-OH is 1. The van der Waals surface area contributed by atoms with Gasteiger partial charge in [-0.05, 0) is 18.9 Å². The molecule has 1 aliphatic rings. The van der Waals surface area contributed by atoms with E-state index in [1.165, 1.54) is 0 Å². The Labute approximate surface area is 98.8 Å². The van der Waals surface area contributed by atoms with Gasteiger partial charge in [0.15, 0.2) is 11.6 Å². The minimum atomic E-state index is -0.958. The predicted molar refractivity (Wildman–Crippen MR) is 61.8 cm³/mol. The molecule has 0 radical (unpaired) electrons. The Morgan fingerprint density at radius 1 is 1.24 bits per heavy atom. The fourth-order valence-electron chi connectivity index (χ4n) is 2.18. The van der Waals surface area contributed by atoms with Gasteiger partial charge in [0.2, 0.25) is 0 Å². The molecule has 17 heavy (non-hydrogen) atoms. The molecular formula is C12H16F2N2O. The second kappa shape index (κ2) is 4.98. The Morgan fingerprint density at radius 3 is 2.41 bits per heavy atom. The molecule has 0 spiro atoms. The summed E-state index contributed by atoms with van der Waals surface area (Å²) in [5.74, 6) is -1.84. The number of anilines is 1. The van der Waals surface area contributed by atoms with Crippen molar-refractivity contribution >= 4 is 5.69 Å². The number of halogens is 2. The smallest absolute Gasteiger partial charge is 0.160 e. The van der Waals surface area contributed by atoms with Crippen LogP contribution >= 0.6 is 0 Å². The fourth-order valence-corrected chi connectivity index (χ4v) is 2.18. The van der Waals surface area contributed by atoms with Gasteiger partial charge in [0.05, 0.1) is 6.10 Å². The molecule has 1 fully saturated rings. The standard InChI is InChI=1S/C12H16F2N2O/c13-9-5-8(12(17)7-15)11(6-10(9)14)16-3-1-2-4-16/h5-6,12,17H,1-4,7,15H2. The molecule has 1 heterocycles. The summed E-state index contributed by atoms with van der Waals surface area (Å²) in [6, 6.07) is 2.19. The third kappa shape index (κ3) is 2.40. The lowest BCUT2D eigenvalue weighted by Gasteiger charge is -2.23. The number of hydrogen-bond acceptors (Lipinski definition) is 3. The molecule has 0 bridgehead atoms. The van der Waals surface area contributed by atoms with Crippen LogP contribution < -0.4 is 10.6 Å². The maximum Gasteiger partial charge on any atom is 0.160 e. The van der Waals surface area contributed by atoms with Crippen molar-refractivity contribution in [3.63, 3.8) is 0 Å². The van der Waals surface area contributed by atoms with Gasteiger partial charge in [-0.25, -0.2) is 8.78 Å². The van der Waals surface area contributed by atoms with Crippen molar-refractivity contribution < 1.29 is 13.9 Å². The lowest BCUT2D eigenvalue weighted by atomic mass is 10.1. The van der Waals surface area contributed by atoms with Crippen LogP contribution in [0.5, 0.6) is 0 Å². The van der Waals surface area contributed by atoms with Gasteiger partial charge in [-0.2, -0.15) is 0 Å². The molecule has 1 aromatic rings. The monoisotopic (exact) mass is 242 g/mol. The van der Waals surface area contributed by atoms with Crippen LogP contribution in [0, 0.1) is 11.6 Å². The van der Waals surface area contributed by atoms with Crippen LogP contribution in [0.25, 0.3) is 0 Å². The molecule has 1 unspecified atom stereocenters. The van der Waals surface area contributed by atoms with E-state index in [2.05, 4.69) is 0 Å². The van der Waals surface area contributed by atoms with Crippen molar-refractivity contribution in [2.75, 3.05) is 24.5 Å². The molecule has 1 atom stereocenters. The van der Waals surface area contributed by atoms with Crippen LogP contribution in [0.3, 0.4) is 0 Å². The summed E-state index contributed by atoms with van der Waals surface area (Å²) < 4.78 is 26.5. The van der Waals surface area contributed by atoms with Gasteiger partial charge in [-0.3, -0.25) is 0 Å². The second-order valence-corrected chi connectivity index (χ2v) is 4.27. The van der Waals surface area contributed by atoms with E-state index < -0.39 is 17.7 Å². The molecule has 1 aliphatic heterocycles. The molecule has 1 aromatic carbocycles. The number of hydrogen-bond donors (Lipinski definition) is 2. The lowest BCUT2D eigenvalue weighted by molar-refractivity contribution is 0.186. The normalized spacial score (nSPS) is 17.5. The van der Waals surface area contributed by atoms with Crippen molar-refractivity contribution in [1.29, 1.82) is 0 Å². The topological polar surface area (TPSA) is 49.5 Å². The van der Waals surface area contributed by atoms with E-state index in [4.69, 9.17) is 5.73 Å². The highest BCUT2D eigenvalue weighted by Crippen LogP contribution is 2.31. The first-order valence-corrected chi connectivity index (χ1v) is 5.75. The van der Waals surface area contributed by atoms with E-state index in [1.807, 2.05) is 4.90 Å². The first-order chi connectivity index (χ1) is 8.13. The number of nitrogens with two attached hydrogens (primary N) is 1. The van der Waals surface area contributed by atoms with Gasteiger partial charge >= 0.3 is 0 Å². The van der Waals surface area contributed by atoms with E-state index in [9.17, 15) is 13.9 Å². The summed E-state index contributed by atoms with van der Waals surface area (Å²) in [6.07, 6.45) is 1.09. The van der Waals surface area contributed by atoms with Gasteiger partial charge in [0.1, 0.15) is 0 Å². The van der Waals surface area contributed by atoms with Crippen LogP contribution in [0.15, 0.2) is 12.1 Å². The third-order valence-corrected chi connectivity index (χ3v) is 3.10. The van der Waals surface area contributed by atoms with Crippen molar-refractivity contribution in [2.45, 2.75) is 18.9 Å². The van der Waals surface area contributed by atoms with Crippen molar-refractivity contribution in [3.05, 3.63) is 29.3 Å². The summed E-state index contributed by atoms with van der Waals surface area (Å²) in [6.45, 7) is 1.59. The Kier molecular flexibility index (Phi) is 3.59. The van der Waals surface area contributed by atoms with Crippen molar-refractivity contribution in [1.82, 2.24) is 0 Å². The highest BCUT2D eigenvalue weighted by atomic mass is 19.2. The molecule has 0 amide bonds. The minimum absolute atomic E-state index is 0.00802. The van der Waals surface area contributed by atoms with E-state index >= 15 is 0 Å². The largest absolute Gasteiger partial charge is 0.387 e. The Morgan fingerprint density at radius 2 is 1.82 bits per heavy atom. The number of rotatable bonds is 3. The number of aliphatic hydroxyl groups is 1. The zero-order chi connectivity index (χ0) is 12.4. The third-order valence-electron chi connectivity index (χ3n) is 3.10. The molecule has 3 nitrogen and oxygen atoms in total. The minimum Gasteiger partial charge on any atom is -0.387 e. The first kappa shape index (κ1) is 12.3. The average molecular weight is 242 g/mol. The Balaban J connectivity index is 2.43. The fraction of sp³-hybridized carbons (Fsp3) is 0.500. The lowest BCUT2D eigenvalue weighted by Crippen LogP contribution is -2.22. The van der Waals surface area contributed by atoms with Crippen LogP contribution in [0.2, 0.25) is 0 Å². The summed E-state index contributed by atoms with van der Waals surface area (Å²) in [7, 11) is 0. The SMILES string of the molecule is NCC(O)c1cc(F)c(F)cc1N1CCCC1. The Bertz CT molecular complexity index is 406. The summed E-state index contributed by atoms with van der Waals surface area (Å²) in [4.78, 5) is 1.96. The Hall–Kier alpha value is -1.20. The summed E-state index contributed by atoms with van der Waals surface area (Å²) in [5.41, 5.74) is 6.30. The molecule has 0 aliphatic carbocycles. The van der Waals surface area contributed by atoms with Crippen LogP contribution in [-0.2, 0) is 0 Å². The number of benzene rings is 1. The molecule has 3 N–H and O–H groups in total. The highest BCUT2D eigenvalue weighted by molar-refractivity contribution is 5.56. The van der Waals surface area contributed by atoms with E-state index in [0.717, 1.165) is 38.1 Å². The van der Waals surface area contributed by atoms with E-state index in [1.54, 1.807) is 0 Å². The zero-order valence-corrected chi connectivity index (χ0v) is 9.50. The molecule has 2 rings (SSSR count). The average Bonchev–Trinajstić information content (AvgIpc) is 2.84. The molecule has 5 heteroatoms. The quantitative estimate of drug-likeness (QED) is 0.845. The molecule has 0 aromatic heterocycles. The maximum absolute atomic E-state index is 13.3. The first-order valence-electron chi connectivity index (χ1n) is 5.75. The zero-order valence-electron chi connectivity index (χ0n) is 9.50.